The molecule has 0 atom stereocenters. The second-order valence-corrected chi connectivity index (χ2v) is 7.92. The number of nitrogens with one attached hydrogen (secondary N) is 1. The van der Waals surface area contributed by atoms with Crippen LogP contribution < -0.4 is 5.32 Å². The molecular formula is C18H19ClF3N3O5S. The number of halogens is 4. The average molecular weight is 482 g/mol. The molecule has 0 radical (unpaired) electrons. The minimum Gasteiger partial charge on any atom is -0.462 e. The van der Waals surface area contributed by atoms with E-state index in [4.69, 9.17) is 21.1 Å². The molecular weight excluding hydrogens is 463 g/mol. The fraction of sp³-hybridized carbons (Fsp3) is 0.444. The first kappa shape index (κ1) is 24.7. The number of amides is 1. The summed E-state index contributed by atoms with van der Waals surface area (Å²) in [6.45, 7) is 6.36. The summed E-state index contributed by atoms with van der Waals surface area (Å²) in [6.07, 6.45) is -5.36. The van der Waals surface area contributed by atoms with Crippen molar-refractivity contribution in [3.63, 3.8) is 0 Å². The van der Waals surface area contributed by atoms with Crippen LogP contribution in [0.5, 0.6) is 0 Å². The van der Waals surface area contributed by atoms with Crippen LogP contribution >= 0.6 is 22.9 Å². The zero-order valence-electron chi connectivity index (χ0n) is 17.1. The van der Waals surface area contributed by atoms with Gasteiger partial charge >= 0.3 is 18.1 Å². The molecule has 2 aromatic heterocycles. The van der Waals surface area contributed by atoms with Gasteiger partial charge in [-0.1, -0.05) is 11.6 Å². The number of rotatable bonds is 6. The number of thiophene rings is 1. The molecule has 0 bridgehead atoms. The first-order chi connectivity index (χ1) is 14.3. The van der Waals surface area contributed by atoms with Gasteiger partial charge in [0.05, 0.1) is 18.3 Å². The Morgan fingerprint density at radius 2 is 1.87 bits per heavy atom. The number of anilines is 1. The van der Waals surface area contributed by atoms with E-state index in [0.29, 0.717) is 4.68 Å². The summed E-state index contributed by atoms with van der Waals surface area (Å²) in [7, 11) is 1.12. The monoisotopic (exact) mass is 481 g/mol. The van der Waals surface area contributed by atoms with Crippen LogP contribution in [0.3, 0.4) is 0 Å². The SMILES string of the molecule is CCOC(=O)c1sc(NC(=O)c2c(Cl)c(C(F)(F)F)nn2C)c(C(=O)OC(C)C)c1C. The number of esters is 2. The fourth-order valence-electron chi connectivity index (χ4n) is 2.60. The average Bonchev–Trinajstić information content (AvgIpc) is 3.10. The van der Waals surface area contributed by atoms with Gasteiger partial charge in [0.2, 0.25) is 0 Å². The largest absolute Gasteiger partial charge is 0.462 e. The molecule has 0 aromatic carbocycles. The zero-order valence-corrected chi connectivity index (χ0v) is 18.7. The van der Waals surface area contributed by atoms with Crippen LogP contribution in [-0.2, 0) is 22.7 Å². The molecule has 1 amide bonds. The summed E-state index contributed by atoms with van der Waals surface area (Å²) in [4.78, 5) is 37.5. The highest BCUT2D eigenvalue weighted by molar-refractivity contribution is 7.18. The van der Waals surface area contributed by atoms with E-state index in [-0.39, 0.29) is 27.6 Å². The Hall–Kier alpha value is -2.60. The predicted octanol–water partition coefficient (Wildman–Crippen LogP) is 4.46. The van der Waals surface area contributed by atoms with E-state index in [9.17, 15) is 27.6 Å². The number of nitrogens with zero attached hydrogens (tertiary/aromatic N) is 2. The third-order valence-corrected chi connectivity index (χ3v) is 5.40. The molecule has 0 aliphatic rings. The van der Waals surface area contributed by atoms with Gasteiger partial charge in [-0.05, 0) is 33.3 Å². The Kier molecular flexibility index (Phi) is 7.37. The van der Waals surface area contributed by atoms with Gasteiger partial charge in [0.25, 0.3) is 5.91 Å². The molecule has 0 aliphatic carbocycles. The molecule has 2 heterocycles. The first-order valence-electron chi connectivity index (χ1n) is 8.92. The van der Waals surface area contributed by atoms with Gasteiger partial charge in [0.15, 0.2) is 5.69 Å². The van der Waals surface area contributed by atoms with Crippen LogP contribution in [-0.4, -0.2) is 40.3 Å². The van der Waals surface area contributed by atoms with Crippen LogP contribution in [0.25, 0.3) is 0 Å². The van der Waals surface area contributed by atoms with Crippen LogP contribution in [0.15, 0.2) is 0 Å². The number of carbonyl (C=O) groups is 3. The predicted molar refractivity (Wildman–Crippen MR) is 107 cm³/mol. The molecule has 13 heteroatoms. The highest BCUT2D eigenvalue weighted by atomic mass is 35.5. The van der Waals surface area contributed by atoms with Crippen LogP contribution in [0.2, 0.25) is 5.02 Å². The lowest BCUT2D eigenvalue weighted by Gasteiger charge is -2.10. The maximum atomic E-state index is 13.0. The van der Waals surface area contributed by atoms with Gasteiger partial charge in [-0.3, -0.25) is 9.48 Å². The number of alkyl halides is 3. The van der Waals surface area contributed by atoms with Gasteiger partial charge in [-0.25, -0.2) is 9.59 Å². The zero-order chi connectivity index (χ0) is 23.7. The minimum absolute atomic E-state index is 0.0416. The molecule has 0 saturated carbocycles. The van der Waals surface area contributed by atoms with Crippen molar-refractivity contribution in [3.05, 3.63) is 32.4 Å². The molecule has 0 aliphatic heterocycles. The number of hydrogen-bond donors (Lipinski definition) is 1. The Balaban J connectivity index is 2.52. The molecule has 0 unspecified atom stereocenters. The molecule has 2 aromatic rings. The van der Waals surface area contributed by atoms with Crippen molar-refractivity contribution in [1.29, 1.82) is 0 Å². The Bertz CT molecular complexity index is 1030. The molecule has 8 nitrogen and oxygen atoms in total. The van der Waals surface area contributed by atoms with Gasteiger partial charge in [-0.2, -0.15) is 18.3 Å². The number of ether oxygens (including phenoxy) is 2. The smallest absolute Gasteiger partial charge is 0.436 e. The van der Waals surface area contributed by atoms with E-state index in [0.717, 1.165) is 18.4 Å². The van der Waals surface area contributed by atoms with Gasteiger partial charge in [0.1, 0.15) is 20.6 Å². The van der Waals surface area contributed by atoms with Gasteiger partial charge in [-0.15, -0.1) is 11.3 Å². The summed E-state index contributed by atoms with van der Waals surface area (Å²) < 4.78 is 49.9. The van der Waals surface area contributed by atoms with E-state index in [1.54, 1.807) is 20.8 Å². The van der Waals surface area contributed by atoms with Crippen LogP contribution in [0.1, 0.15) is 62.5 Å². The molecule has 170 valence electrons. The highest BCUT2D eigenvalue weighted by Crippen LogP contribution is 2.37. The molecule has 1 N–H and O–H groups in total. The van der Waals surface area contributed by atoms with E-state index in [1.807, 2.05) is 0 Å². The second-order valence-electron chi connectivity index (χ2n) is 6.52. The fourth-order valence-corrected chi connectivity index (χ4v) is 4.04. The standard InChI is InChI=1S/C18H19ClF3N3O5S/c1-6-29-17(28)12-8(4)9(16(27)30-7(2)3)15(31-12)23-14(26)11-10(19)13(18(20,21)22)24-25(11)5/h7H,6H2,1-5H3,(H,23,26). The lowest BCUT2D eigenvalue weighted by atomic mass is 10.1. The minimum atomic E-state index is -4.86. The Labute approximate surface area is 184 Å². The number of aromatic nitrogens is 2. The van der Waals surface area contributed by atoms with Gasteiger partial charge < -0.3 is 14.8 Å². The summed E-state index contributed by atoms with van der Waals surface area (Å²) in [5, 5.41) is 4.61. The maximum absolute atomic E-state index is 13.0. The summed E-state index contributed by atoms with van der Waals surface area (Å²) in [5.74, 6) is -2.59. The highest BCUT2D eigenvalue weighted by Gasteiger charge is 2.40. The number of aryl methyl sites for hydroxylation is 1. The Morgan fingerprint density at radius 1 is 1.26 bits per heavy atom. The molecule has 2 rings (SSSR count). The second kappa shape index (κ2) is 9.27. The molecule has 0 saturated heterocycles. The summed E-state index contributed by atoms with van der Waals surface area (Å²) in [5.41, 5.74) is -1.89. The summed E-state index contributed by atoms with van der Waals surface area (Å²) in [6, 6.07) is 0. The van der Waals surface area contributed by atoms with Crippen molar-refractivity contribution in [2.24, 2.45) is 7.05 Å². The van der Waals surface area contributed by atoms with Crippen molar-refractivity contribution in [1.82, 2.24) is 9.78 Å². The van der Waals surface area contributed by atoms with E-state index in [1.165, 1.54) is 6.92 Å². The van der Waals surface area contributed by atoms with Crippen molar-refractivity contribution in [3.8, 4) is 0 Å². The molecule has 31 heavy (non-hydrogen) atoms. The lowest BCUT2D eigenvalue weighted by Crippen LogP contribution is -2.19. The molecule has 0 fully saturated rings. The number of hydrogen-bond acceptors (Lipinski definition) is 7. The normalized spacial score (nSPS) is 11.5. The first-order valence-corrected chi connectivity index (χ1v) is 10.1. The van der Waals surface area contributed by atoms with E-state index >= 15 is 0 Å². The van der Waals surface area contributed by atoms with Crippen LogP contribution in [0, 0.1) is 6.92 Å². The third kappa shape index (κ3) is 5.18. The van der Waals surface area contributed by atoms with Gasteiger partial charge in [0, 0.05) is 7.05 Å². The lowest BCUT2D eigenvalue weighted by molar-refractivity contribution is -0.141. The molecule has 0 spiro atoms. The third-order valence-electron chi connectivity index (χ3n) is 3.85. The van der Waals surface area contributed by atoms with Crippen molar-refractivity contribution in [2.45, 2.75) is 40.0 Å². The topological polar surface area (TPSA) is 99.5 Å². The maximum Gasteiger partial charge on any atom is 0.436 e. The van der Waals surface area contributed by atoms with Crippen molar-refractivity contribution < 1.29 is 37.0 Å². The van der Waals surface area contributed by atoms with E-state index < -0.39 is 46.5 Å². The van der Waals surface area contributed by atoms with E-state index in [2.05, 4.69) is 10.4 Å². The quantitative estimate of drug-likeness (QED) is 0.612. The Morgan fingerprint density at radius 3 is 2.35 bits per heavy atom. The van der Waals surface area contributed by atoms with Crippen molar-refractivity contribution >= 4 is 45.8 Å². The number of carbonyl (C=O) groups excluding carboxylic acids is 3. The van der Waals surface area contributed by atoms with Crippen molar-refractivity contribution in [2.75, 3.05) is 11.9 Å². The van der Waals surface area contributed by atoms with Crippen LogP contribution in [0.4, 0.5) is 18.2 Å². The summed E-state index contributed by atoms with van der Waals surface area (Å²) >= 11 is 6.48.